The van der Waals surface area contributed by atoms with Crippen molar-refractivity contribution < 1.29 is 13.2 Å². The third-order valence-electron chi connectivity index (χ3n) is 3.76. The van der Waals surface area contributed by atoms with Crippen LogP contribution in [-0.4, -0.2) is 20.4 Å². The zero-order valence-corrected chi connectivity index (χ0v) is 14.1. The summed E-state index contributed by atoms with van der Waals surface area (Å²) in [5, 5.41) is 4.54. The fourth-order valence-electron chi connectivity index (χ4n) is 2.69. The van der Waals surface area contributed by atoms with Crippen molar-refractivity contribution in [1.82, 2.24) is 5.32 Å². The van der Waals surface area contributed by atoms with E-state index in [-0.39, 0.29) is 21.6 Å². The highest BCUT2D eigenvalue weighted by molar-refractivity contribution is 8.15. The van der Waals surface area contributed by atoms with Gasteiger partial charge in [-0.15, -0.1) is 11.3 Å². The van der Waals surface area contributed by atoms with Crippen LogP contribution in [0.2, 0.25) is 0 Å². The van der Waals surface area contributed by atoms with E-state index in [0.717, 1.165) is 30.6 Å². The predicted molar refractivity (Wildman–Crippen MR) is 81.0 cm³/mol. The van der Waals surface area contributed by atoms with Gasteiger partial charge in [0.1, 0.15) is 4.21 Å². The Morgan fingerprint density at radius 3 is 2.60 bits per heavy atom. The van der Waals surface area contributed by atoms with E-state index in [2.05, 4.69) is 19.2 Å². The number of thiophene rings is 1. The Bertz CT molecular complexity index is 634. The first-order valence-corrected chi connectivity index (χ1v) is 9.63. The van der Waals surface area contributed by atoms with Crippen molar-refractivity contribution in [2.45, 2.75) is 50.3 Å². The largest absolute Gasteiger partial charge is 0.349 e. The van der Waals surface area contributed by atoms with Crippen molar-refractivity contribution in [1.29, 1.82) is 0 Å². The van der Waals surface area contributed by atoms with Gasteiger partial charge in [0.15, 0.2) is 0 Å². The second kappa shape index (κ2) is 5.31. The number of nitrogens with one attached hydrogen (secondary N) is 1. The van der Waals surface area contributed by atoms with Gasteiger partial charge in [-0.25, -0.2) is 8.42 Å². The lowest BCUT2D eigenvalue weighted by molar-refractivity contribution is 0.0935. The molecule has 0 spiro atoms. The van der Waals surface area contributed by atoms with E-state index in [9.17, 15) is 13.2 Å². The summed E-state index contributed by atoms with van der Waals surface area (Å²) in [5.74, 6) is -0.215. The van der Waals surface area contributed by atoms with Crippen LogP contribution in [0.5, 0.6) is 0 Å². The molecule has 1 N–H and O–H groups in total. The van der Waals surface area contributed by atoms with Gasteiger partial charge in [-0.05, 0) is 37.2 Å². The molecule has 4 nitrogen and oxygen atoms in total. The van der Waals surface area contributed by atoms with Crippen molar-refractivity contribution in [2.24, 2.45) is 5.41 Å². The van der Waals surface area contributed by atoms with Crippen LogP contribution in [0.3, 0.4) is 0 Å². The van der Waals surface area contributed by atoms with Crippen molar-refractivity contribution in [3.63, 3.8) is 0 Å². The van der Waals surface area contributed by atoms with E-state index in [1.165, 1.54) is 0 Å². The maximum Gasteiger partial charge on any atom is 0.271 e. The molecule has 1 amide bonds. The zero-order chi connectivity index (χ0) is 15.1. The number of carbonyl (C=O) groups excluding carboxylic acids is 1. The average Bonchev–Trinajstić information content (AvgIpc) is 2.81. The second-order valence-electron chi connectivity index (χ2n) is 6.08. The molecule has 20 heavy (non-hydrogen) atoms. The van der Waals surface area contributed by atoms with Crippen LogP contribution >= 0.6 is 22.0 Å². The van der Waals surface area contributed by atoms with Crippen LogP contribution in [0.1, 0.15) is 49.0 Å². The minimum atomic E-state index is -3.78. The SMILES string of the molecule is Cc1c(C(=O)NC2CCC(C)(C)C2)csc1S(=O)(=O)Cl. The Labute approximate surface area is 127 Å². The molecule has 1 unspecified atom stereocenters. The van der Waals surface area contributed by atoms with Gasteiger partial charge < -0.3 is 5.32 Å². The number of hydrogen-bond donors (Lipinski definition) is 1. The number of rotatable bonds is 3. The summed E-state index contributed by atoms with van der Waals surface area (Å²) in [6, 6.07) is 0.160. The highest BCUT2D eigenvalue weighted by Crippen LogP contribution is 2.37. The van der Waals surface area contributed by atoms with Crippen LogP contribution in [0.15, 0.2) is 9.59 Å². The molecule has 1 fully saturated rings. The molecular formula is C13H18ClNO3S2. The molecule has 0 aliphatic heterocycles. The molecule has 1 saturated carbocycles. The Morgan fingerprint density at radius 1 is 1.50 bits per heavy atom. The molecule has 1 aliphatic rings. The third kappa shape index (κ3) is 3.35. The number of halogens is 1. The quantitative estimate of drug-likeness (QED) is 0.862. The number of carbonyl (C=O) groups is 1. The maximum atomic E-state index is 12.2. The Balaban J connectivity index is 2.13. The normalized spacial score (nSPS) is 21.9. The van der Waals surface area contributed by atoms with Crippen LogP contribution < -0.4 is 5.32 Å². The van der Waals surface area contributed by atoms with E-state index in [4.69, 9.17) is 10.7 Å². The van der Waals surface area contributed by atoms with Gasteiger partial charge in [0.05, 0.1) is 5.56 Å². The molecule has 7 heteroatoms. The molecule has 112 valence electrons. The summed E-state index contributed by atoms with van der Waals surface area (Å²) in [4.78, 5) is 12.2. The fraction of sp³-hybridized carbons (Fsp3) is 0.615. The van der Waals surface area contributed by atoms with Crippen molar-refractivity contribution >= 4 is 37.0 Å². The van der Waals surface area contributed by atoms with E-state index >= 15 is 0 Å². The number of amides is 1. The molecule has 0 bridgehead atoms. The Hall–Kier alpha value is -0.590. The second-order valence-corrected chi connectivity index (χ2v) is 9.72. The van der Waals surface area contributed by atoms with Gasteiger partial charge >= 0.3 is 0 Å². The molecule has 1 heterocycles. The lowest BCUT2D eigenvalue weighted by Gasteiger charge is -2.17. The van der Waals surface area contributed by atoms with Gasteiger partial charge in [0, 0.05) is 22.1 Å². The zero-order valence-electron chi connectivity index (χ0n) is 11.7. The molecule has 1 atom stereocenters. The smallest absolute Gasteiger partial charge is 0.271 e. The molecule has 1 aromatic rings. The lowest BCUT2D eigenvalue weighted by Crippen LogP contribution is -2.33. The molecule has 0 radical (unpaired) electrons. The van der Waals surface area contributed by atoms with E-state index in [1.54, 1.807) is 12.3 Å². The minimum Gasteiger partial charge on any atom is -0.349 e. The maximum absolute atomic E-state index is 12.2. The topological polar surface area (TPSA) is 63.2 Å². The first kappa shape index (κ1) is 15.8. The monoisotopic (exact) mass is 335 g/mol. The van der Waals surface area contributed by atoms with Crippen molar-refractivity contribution in [3.05, 3.63) is 16.5 Å². The van der Waals surface area contributed by atoms with Gasteiger partial charge in [0.2, 0.25) is 0 Å². The van der Waals surface area contributed by atoms with Crippen LogP contribution in [0.25, 0.3) is 0 Å². The van der Waals surface area contributed by atoms with E-state index in [0.29, 0.717) is 11.1 Å². The summed E-state index contributed by atoms with van der Waals surface area (Å²) in [6.45, 7) is 5.99. The molecule has 1 aromatic heterocycles. The summed E-state index contributed by atoms with van der Waals surface area (Å²) >= 11 is 0.988. The summed E-state index contributed by atoms with van der Waals surface area (Å²) < 4.78 is 22.8. The highest BCUT2D eigenvalue weighted by atomic mass is 35.7. The van der Waals surface area contributed by atoms with E-state index < -0.39 is 9.05 Å². The third-order valence-corrected chi connectivity index (χ3v) is 7.07. The lowest BCUT2D eigenvalue weighted by atomic mass is 9.92. The highest BCUT2D eigenvalue weighted by Gasteiger charge is 2.32. The van der Waals surface area contributed by atoms with Gasteiger partial charge in [-0.1, -0.05) is 13.8 Å². The summed E-state index contributed by atoms with van der Waals surface area (Å²) in [7, 11) is 1.56. The van der Waals surface area contributed by atoms with Crippen LogP contribution in [0.4, 0.5) is 0 Å². The van der Waals surface area contributed by atoms with Crippen LogP contribution in [0, 0.1) is 12.3 Å². The molecular weight excluding hydrogens is 318 g/mol. The molecule has 1 aliphatic carbocycles. The summed E-state index contributed by atoms with van der Waals surface area (Å²) in [5.41, 5.74) is 1.09. The Morgan fingerprint density at radius 2 is 2.15 bits per heavy atom. The minimum absolute atomic E-state index is 0.0519. The first-order chi connectivity index (χ1) is 9.10. The van der Waals surface area contributed by atoms with Gasteiger partial charge in [-0.3, -0.25) is 4.79 Å². The average molecular weight is 336 g/mol. The molecule has 0 aromatic carbocycles. The standard InChI is InChI=1S/C13H18ClNO3S2/c1-8-10(7-19-12(8)20(14,17)18)11(16)15-9-4-5-13(2,3)6-9/h7,9H,4-6H2,1-3H3,(H,15,16). The van der Waals surface area contributed by atoms with E-state index in [1.807, 2.05) is 0 Å². The Kier molecular flexibility index (Phi) is 4.19. The number of hydrogen-bond acceptors (Lipinski definition) is 4. The van der Waals surface area contributed by atoms with Crippen molar-refractivity contribution in [3.8, 4) is 0 Å². The fourth-order valence-corrected chi connectivity index (χ4v) is 5.24. The van der Waals surface area contributed by atoms with Gasteiger partial charge in [0.25, 0.3) is 15.0 Å². The first-order valence-electron chi connectivity index (χ1n) is 6.44. The van der Waals surface area contributed by atoms with Gasteiger partial charge in [-0.2, -0.15) is 0 Å². The molecule has 0 saturated heterocycles. The molecule has 2 rings (SSSR count). The van der Waals surface area contributed by atoms with Crippen molar-refractivity contribution in [2.75, 3.05) is 0 Å². The predicted octanol–water partition coefficient (Wildman–Crippen LogP) is 3.29. The van der Waals surface area contributed by atoms with Crippen LogP contribution in [-0.2, 0) is 9.05 Å². The summed E-state index contributed by atoms with van der Waals surface area (Å²) in [6.07, 6.45) is 2.99.